The number of benzene rings is 2. The number of nitrogens with two attached hydrogens (primary N) is 1. The highest BCUT2D eigenvalue weighted by atomic mass is 32.3. The van der Waals surface area contributed by atoms with Crippen molar-refractivity contribution < 1.29 is 9.11 Å². The van der Waals surface area contributed by atoms with Gasteiger partial charge in [0.15, 0.2) is 0 Å². The van der Waals surface area contributed by atoms with Gasteiger partial charge in [-0.25, -0.2) is 4.98 Å². The minimum atomic E-state index is -2.83. The van der Waals surface area contributed by atoms with Crippen LogP contribution in [-0.2, 0) is 6.54 Å². The smallest absolute Gasteiger partial charge is 0.228 e. The first kappa shape index (κ1) is 20.5. The van der Waals surface area contributed by atoms with Gasteiger partial charge in [0, 0.05) is 30.6 Å². The second-order valence-electron chi connectivity index (χ2n) is 8.86. The van der Waals surface area contributed by atoms with Crippen molar-refractivity contribution in [2.45, 2.75) is 43.2 Å². The summed E-state index contributed by atoms with van der Waals surface area (Å²) in [5.74, 6) is 1.63. The Bertz CT molecular complexity index is 1130. The van der Waals surface area contributed by atoms with Crippen LogP contribution in [0.15, 0.2) is 47.4 Å². The lowest BCUT2D eigenvalue weighted by Gasteiger charge is -2.38. The Morgan fingerprint density at radius 1 is 1.16 bits per heavy atom. The Morgan fingerprint density at radius 3 is 2.74 bits per heavy atom. The summed E-state index contributed by atoms with van der Waals surface area (Å²) in [6.45, 7) is 3.73. The van der Waals surface area contributed by atoms with Gasteiger partial charge in [0.1, 0.15) is 5.82 Å². The summed E-state index contributed by atoms with van der Waals surface area (Å²) in [6.07, 6.45) is 3.22. The van der Waals surface area contributed by atoms with Crippen molar-refractivity contribution in [2.75, 3.05) is 29.1 Å². The van der Waals surface area contributed by atoms with Gasteiger partial charge in [-0.2, -0.15) is 15.6 Å². The van der Waals surface area contributed by atoms with E-state index in [1.807, 2.05) is 41.3 Å². The second-order valence-corrected chi connectivity index (χ2v) is 11.0. The van der Waals surface area contributed by atoms with Crippen LogP contribution in [0.5, 0.6) is 0 Å². The third kappa shape index (κ3) is 3.96. The van der Waals surface area contributed by atoms with E-state index in [1.54, 1.807) is 0 Å². The average Bonchev–Trinajstić information content (AvgIpc) is 2.87. The molecule has 1 saturated carbocycles. The predicted molar refractivity (Wildman–Crippen MR) is 127 cm³/mol. The Labute approximate surface area is 184 Å². The van der Waals surface area contributed by atoms with Gasteiger partial charge in [0.05, 0.1) is 16.2 Å². The van der Waals surface area contributed by atoms with Gasteiger partial charge in [-0.05, 0) is 49.9 Å². The topological polar surface area (TPSA) is 108 Å². The molecule has 0 spiro atoms. The number of nitrogens with one attached hydrogen (secondary N) is 1. The van der Waals surface area contributed by atoms with Crippen molar-refractivity contribution in [3.63, 3.8) is 0 Å². The van der Waals surface area contributed by atoms with E-state index in [4.69, 9.17) is 15.7 Å². The molecule has 1 aromatic heterocycles. The zero-order valence-corrected chi connectivity index (χ0v) is 18.5. The lowest BCUT2D eigenvalue weighted by atomic mass is 9.78. The molecular formula is C23H29N5O2S. The van der Waals surface area contributed by atoms with Crippen LogP contribution in [0.4, 0.5) is 11.8 Å². The van der Waals surface area contributed by atoms with Crippen molar-refractivity contribution in [2.24, 2.45) is 5.73 Å². The quantitative estimate of drug-likeness (QED) is 0.478. The fourth-order valence-corrected chi connectivity index (χ4v) is 5.87. The maximum atomic E-state index is 10.7. The van der Waals surface area contributed by atoms with Crippen LogP contribution in [0.1, 0.15) is 30.4 Å². The molecule has 1 aliphatic carbocycles. The van der Waals surface area contributed by atoms with Crippen LogP contribution < -0.4 is 16.0 Å². The maximum Gasteiger partial charge on any atom is 0.228 e. The fourth-order valence-electron chi connectivity index (χ4n) is 4.33. The van der Waals surface area contributed by atoms with Crippen LogP contribution in [0, 0.1) is 6.92 Å². The maximum absolute atomic E-state index is 10.7. The highest BCUT2D eigenvalue weighted by Crippen LogP contribution is 2.51. The standard InChI is InChI=1S/C23H29N5O2S/c1-16-7-8-19-18(13-16)21(25-15-23(24)9-4-10-23)27-22(26-19)28-11-12-31(29,30)20-6-3-2-5-17(20)14-28/h2-3,5-8,13,29-30H,4,9-12,14-15,24H2,1H3,(H,25,26,27). The molecule has 2 aromatic carbocycles. The molecule has 0 bridgehead atoms. The van der Waals surface area contributed by atoms with E-state index in [9.17, 15) is 9.11 Å². The summed E-state index contributed by atoms with van der Waals surface area (Å²) in [4.78, 5) is 12.4. The normalized spacial score (nSPS) is 20.5. The minimum Gasteiger partial charge on any atom is -0.368 e. The fraction of sp³-hybridized carbons (Fsp3) is 0.391. The first-order valence-electron chi connectivity index (χ1n) is 10.7. The Balaban J connectivity index is 1.53. The average molecular weight is 440 g/mol. The number of hydrogen-bond donors (Lipinski definition) is 4. The number of hydrogen-bond acceptors (Lipinski definition) is 7. The number of fused-ring (bicyclic) bond motifs is 2. The molecule has 0 amide bonds. The number of aryl methyl sites for hydroxylation is 1. The zero-order chi connectivity index (χ0) is 21.6. The van der Waals surface area contributed by atoms with Crippen molar-refractivity contribution in [3.8, 4) is 0 Å². The molecule has 0 unspecified atom stereocenters. The van der Waals surface area contributed by atoms with Gasteiger partial charge in [-0.15, -0.1) is 0 Å². The van der Waals surface area contributed by atoms with E-state index in [2.05, 4.69) is 18.3 Å². The molecule has 0 atom stereocenters. The molecule has 1 fully saturated rings. The second kappa shape index (κ2) is 7.63. The number of nitrogens with zero attached hydrogens (tertiary/aromatic N) is 3. The van der Waals surface area contributed by atoms with Gasteiger partial charge in [0.25, 0.3) is 0 Å². The first-order chi connectivity index (χ1) is 14.8. The third-order valence-electron chi connectivity index (χ3n) is 6.41. The SMILES string of the molecule is Cc1ccc2nc(N3CCS(O)(O)c4ccccc4C3)nc(NCC3(N)CCC3)c2c1. The molecule has 3 aromatic rings. The molecule has 5 N–H and O–H groups in total. The van der Waals surface area contributed by atoms with E-state index in [-0.39, 0.29) is 11.3 Å². The number of aromatic nitrogens is 2. The first-order valence-corrected chi connectivity index (χ1v) is 12.4. The summed E-state index contributed by atoms with van der Waals surface area (Å²) >= 11 is 0. The summed E-state index contributed by atoms with van der Waals surface area (Å²) in [5.41, 5.74) is 9.18. The zero-order valence-electron chi connectivity index (χ0n) is 17.7. The van der Waals surface area contributed by atoms with Crippen LogP contribution in [0.2, 0.25) is 0 Å². The highest BCUT2D eigenvalue weighted by Gasteiger charge is 2.32. The summed E-state index contributed by atoms with van der Waals surface area (Å²) in [6, 6.07) is 13.7. The molecule has 0 saturated heterocycles. The Kier molecular flexibility index (Phi) is 5.05. The molecule has 164 valence electrons. The van der Waals surface area contributed by atoms with Gasteiger partial charge in [-0.3, -0.25) is 9.11 Å². The molecule has 7 nitrogen and oxygen atoms in total. The Morgan fingerprint density at radius 2 is 1.97 bits per heavy atom. The van der Waals surface area contributed by atoms with Crippen LogP contribution in [0.25, 0.3) is 10.9 Å². The van der Waals surface area contributed by atoms with Crippen molar-refractivity contribution in [3.05, 3.63) is 53.6 Å². The molecule has 31 heavy (non-hydrogen) atoms. The molecule has 0 radical (unpaired) electrons. The lowest BCUT2D eigenvalue weighted by Crippen LogP contribution is -2.52. The largest absolute Gasteiger partial charge is 0.368 e. The van der Waals surface area contributed by atoms with Crippen LogP contribution in [-0.4, -0.2) is 43.5 Å². The summed E-state index contributed by atoms with van der Waals surface area (Å²) in [5, 5.41) is 4.47. The molecule has 1 aliphatic heterocycles. The van der Waals surface area contributed by atoms with Gasteiger partial charge in [0.2, 0.25) is 5.95 Å². The Hall–Kier alpha value is -2.39. The van der Waals surface area contributed by atoms with Crippen molar-refractivity contribution in [1.82, 2.24) is 9.97 Å². The van der Waals surface area contributed by atoms with E-state index >= 15 is 0 Å². The minimum absolute atomic E-state index is 0.167. The van der Waals surface area contributed by atoms with E-state index in [0.717, 1.165) is 40.7 Å². The molecule has 8 heteroatoms. The third-order valence-corrected chi connectivity index (χ3v) is 8.27. The molecular weight excluding hydrogens is 410 g/mol. The van der Waals surface area contributed by atoms with Gasteiger partial charge < -0.3 is 16.0 Å². The van der Waals surface area contributed by atoms with E-state index < -0.39 is 10.6 Å². The van der Waals surface area contributed by atoms with E-state index in [0.29, 0.717) is 30.5 Å². The van der Waals surface area contributed by atoms with Gasteiger partial charge >= 0.3 is 0 Å². The van der Waals surface area contributed by atoms with Gasteiger partial charge in [-0.1, -0.05) is 29.8 Å². The van der Waals surface area contributed by atoms with Crippen LogP contribution in [0.3, 0.4) is 0 Å². The highest BCUT2D eigenvalue weighted by molar-refractivity contribution is 8.24. The molecule has 2 heterocycles. The van der Waals surface area contributed by atoms with Crippen LogP contribution >= 0.6 is 10.6 Å². The predicted octanol–water partition coefficient (Wildman–Crippen LogP) is 4.36. The number of rotatable bonds is 4. The molecule has 2 aliphatic rings. The summed E-state index contributed by atoms with van der Waals surface area (Å²) in [7, 11) is -2.83. The lowest BCUT2D eigenvalue weighted by molar-refractivity contribution is 0.265. The monoisotopic (exact) mass is 439 g/mol. The number of anilines is 2. The van der Waals surface area contributed by atoms with Crippen molar-refractivity contribution >= 4 is 33.3 Å². The van der Waals surface area contributed by atoms with E-state index in [1.165, 1.54) is 6.42 Å². The summed E-state index contributed by atoms with van der Waals surface area (Å²) < 4.78 is 21.4. The van der Waals surface area contributed by atoms with Crippen molar-refractivity contribution in [1.29, 1.82) is 0 Å². The molecule has 5 rings (SSSR count).